The van der Waals surface area contributed by atoms with Gasteiger partial charge in [-0.15, -0.1) is 11.3 Å². The predicted molar refractivity (Wildman–Crippen MR) is 116 cm³/mol. The molecule has 1 amide bonds. The molecule has 1 aliphatic heterocycles. The van der Waals surface area contributed by atoms with Gasteiger partial charge in [-0.25, -0.2) is 4.98 Å². The number of ketones is 1. The molecule has 160 valence electrons. The van der Waals surface area contributed by atoms with Crippen LogP contribution in [0.25, 0.3) is 0 Å². The molecule has 0 saturated heterocycles. The number of para-hydroxylation sites is 1. The number of ether oxygens (including phenoxy) is 1. The van der Waals surface area contributed by atoms with E-state index in [4.69, 9.17) is 4.74 Å². The molecule has 1 aliphatic rings. The van der Waals surface area contributed by atoms with Crippen molar-refractivity contribution in [2.24, 2.45) is 0 Å². The van der Waals surface area contributed by atoms with Gasteiger partial charge in [0.25, 0.3) is 5.91 Å². The first-order valence-electron chi connectivity index (χ1n) is 9.76. The number of thiazole rings is 1. The largest absolute Gasteiger partial charge is 0.503 e. The van der Waals surface area contributed by atoms with Crippen molar-refractivity contribution in [2.45, 2.75) is 26.3 Å². The number of hydrogen-bond acceptors (Lipinski definition) is 7. The maximum Gasteiger partial charge on any atom is 0.290 e. The fourth-order valence-corrected chi connectivity index (χ4v) is 4.63. The number of rotatable bonds is 8. The van der Waals surface area contributed by atoms with E-state index in [0.717, 1.165) is 11.6 Å². The predicted octanol–water partition coefficient (Wildman–Crippen LogP) is 3.30. The first-order valence-corrected chi connectivity index (χ1v) is 10.6. The Morgan fingerprint density at radius 2 is 2.00 bits per heavy atom. The van der Waals surface area contributed by atoms with Gasteiger partial charge in [-0.3, -0.25) is 9.59 Å². The molecule has 0 fully saturated rings. The molecule has 2 aromatic rings. The van der Waals surface area contributed by atoms with Crippen molar-refractivity contribution in [3.63, 3.8) is 0 Å². The van der Waals surface area contributed by atoms with Crippen LogP contribution in [0.1, 0.15) is 38.4 Å². The van der Waals surface area contributed by atoms with Gasteiger partial charge < -0.3 is 19.6 Å². The summed E-state index contributed by atoms with van der Waals surface area (Å²) in [6, 6.07) is 6.56. The number of aryl methyl sites for hydroxylation is 2. The third-order valence-electron chi connectivity index (χ3n) is 5.10. The standard InChI is InChI=1S/C22H27N3O4S/c1-13-21(30-14(2)23-13)19(26)17-18(15-9-6-7-10-16(15)29-5)25(22(28)20(17)27)12-8-11-24(3)4/h6-7,9-10,18,27H,8,11-12H2,1-5H3. The van der Waals surface area contributed by atoms with E-state index in [1.165, 1.54) is 11.3 Å². The molecule has 8 heteroatoms. The van der Waals surface area contributed by atoms with E-state index in [1.54, 1.807) is 25.0 Å². The van der Waals surface area contributed by atoms with Crippen molar-refractivity contribution < 1.29 is 19.4 Å². The SMILES string of the molecule is COc1ccccc1C1C(C(=O)c2sc(C)nc2C)=C(O)C(=O)N1CCCN(C)C. The number of aliphatic hydroxyl groups is 1. The molecule has 30 heavy (non-hydrogen) atoms. The molecule has 1 aromatic heterocycles. The minimum atomic E-state index is -0.717. The van der Waals surface area contributed by atoms with Gasteiger partial charge in [0.1, 0.15) is 5.75 Å². The number of carbonyl (C=O) groups excluding carboxylic acids is 2. The van der Waals surface area contributed by atoms with Gasteiger partial charge >= 0.3 is 0 Å². The first kappa shape index (κ1) is 22.0. The maximum absolute atomic E-state index is 13.5. The molecular formula is C22H27N3O4S. The minimum Gasteiger partial charge on any atom is -0.503 e. The molecule has 0 saturated carbocycles. The fourth-order valence-electron chi connectivity index (χ4n) is 3.75. The summed E-state index contributed by atoms with van der Waals surface area (Å²) in [7, 11) is 5.47. The molecule has 7 nitrogen and oxygen atoms in total. The van der Waals surface area contributed by atoms with Gasteiger partial charge in [-0.05, 0) is 47.0 Å². The number of aromatic nitrogens is 1. The van der Waals surface area contributed by atoms with Crippen LogP contribution in [0.2, 0.25) is 0 Å². The zero-order valence-electron chi connectivity index (χ0n) is 17.9. The first-order chi connectivity index (χ1) is 14.3. The lowest BCUT2D eigenvalue weighted by Crippen LogP contribution is -2.33. The Balaban J connectivity index is 2.09. The van der Waals surface area contributed by atoms with Crippen molar-refractivity contribution in [3.8, 4) is 5.75 Å². The van der Waals surface area contributed by atoms with E-state index < -0.39 is 17.7 Å². The summed E-state index contributed by atoms with van der Waals surface area (Å²) in [5.41, 5.74) is 1.35. The van der Waals surface area contributed by atoms with E-state index in [0.29, 0.717) is 34.8 Å². The minimum absolute atomic E-state index is 0.0844. The van der Waals surface area contributed by atoms with Gasteiger partial charge in [0.2, 0.25) is 5.78 Å². The smallest absolute Gasteiger partial charge is 0.290 e. The topological polar surface area (TPSA) is 83.0 Å². The Morgan fingerprint density at radius 3 is 2.60 bits per heavy atom. The summed E-state index contributed by atoms with van der Waals surface area (Å²) in [4.78, 5) is 34.8. The highest BCUT2D eigenvalue weighted by Crippen LogP contribution is 2.43. The average Bonchev–Trinajstić information content (AvgIpc) is 3.17. The molecule has 1 aromatic carbocycles. The Labute approximate surface area is 180 Å². The second-order valence-electron chi connectivity index (χ2n) is 7.54. The van der Waals surface area contributed by atoms with Crippen LogP contribution in [0.15, 0.2) is 35.6 Å². The third-order valence-corrected chi connectivity index (χ3v) is 6.17. The van der Waals surface area contributed by atoms with Crippen molar-refractivity contribution in [2.75, 3.05) is 34.3 Å². The van der Waals surface area contributed by atoms with Crippen LogP contribution in [0.3, 0.4) is 0 Å². The lowest BCUT2D eigenvalue weighted by molar-refractivity contribution is -0.129. The fraction of sp³-hybridized carbons (Fsp3) is 0.409. The highest BCUT2D eigenvalue weighted by atomic mass is 32.1. The number of Topliss-reactive ketones (excluding diaryl/α,β-unsaturated/α-hetero) is 1. The van der Waals surface area contributed by atoms with E-state index in [-0.39, 0.29) is 11.4 Å². The summed E-state index contributed by atoms with van der Waals surface area (Å²) in [5.74, 6) is -0.835. The van der Waals surface area contributed by atoms with E-state index in [9.17, 15) is 14.7 Å². The summed E-state index contributed by atoms with van der Waals surface area (Å²) >= 11 is 1.27. The number of benzene rings is 1. The van der Waals surface area contributed by atoms with Crippen LogP contribution < -0.4 is 4.74 Å². The highest BCUT2D eigenvalue weighted by molar-refractivity contribution is 7.14. The molecule has 3 rings (SSSR count). The lowest BCUT2D eigenvalue weighted by Gasteiger charge is -2.28. The van der Waals surface area contributed by atoms with Crippen molar-refractivity contribution >= 4 is 23.0 Å². The second-order valence-corrected chi connectivity index (χ2v) is 8.74. The Hall–Kier alpha value is -2.71. The monoisotopic (exact) mass is 429 g/mol. The van der Waals surface area contributed by atoms with E-state index >= 15 is 0 Å². The van der Waals surface area contributed by atoms with E-state index in [1.807, 2.05) is 44.1 Å². The number of hydrogen-bond donors (Lipinski definition) is 1. The molecule has 2 heterocycles. The summed E-state index contributed by atoms with van der Waals surface area (Å²) in [6.07, 6.45) is 0.706. The summed E-state index contributed by atoms with van der Waals surface area (Å²) in [5, 5.41) is 11.5. The number of carbonyl (C=O) groups is 2. The lowest BCUT2D eigenvalue weighted by atomic mass is 9.94. The van der Waals surface area contributed by atoms with Gasteiger partial charge in [0, 0.05) is 12.1 Å². The molecular weight excluding hydrogens is 402 g/mol. The van der Waals surface area contributed by atoms with Crippen LogP contribution in [-0.4, -0.2) is 65.9 Å². The third kappa shape index (κ3) is 4.11. The Morgan fingerprint density at radius 1 is 1.30 bits per heavy atom. The molecule has 1 N–H and O–H groups in total. The summed E-state index contributed by atoms with van der Waals surface area (Å²) in [6.45, 7) is 4.77. The van der Waals surface area contributed by atoms with Gasteiger partial charge in [-0.1, -0.05) is 18.2 Å². The second kappa shape index (κ2) is 8.97. The number of methoxy groups -OCH3 is 1. The Kier molecular flexibility index (Phi) is 6.58. The van der Waals surface area contributed by atoms with Crippen molar-refractivity contribution in [1.82, 2.24) is 14.8 Å². The number of amides is 1. The van der Waals surface area contributed by atoms with Crippen LogP contribution in [0, 0.1) is 13.8 Å². The molecule has 0 spiro atoms. The number of aliphatic hydroxyl groups excluding tert-OH is 1. The maximum atomic E-state index is 13.5. The zero-order chi connectivity index (χ0) is 22.0. The van der Waals surface area contributed by atoms with Crippen LogP contribution in [0.4, 0.5) is 0 Å². The van der Waals surface area contributed by atoms with Gasteiger partial charge in [-0.2, -0.15) is 0 Å². The normalized spacial score (nSPS) is 16.7. The van der Waals surface area contributed by atoms with Gasteiger partial charge in [0.15, 0.2) is 5.76 Å². The number of nitrogens with zero attached hydrogens (tertiary/aromatic N) is 3. The molecule has 0 bridgehead atoms. The quantitative estimate of drug-likeness (QED) is 0.649. The molecule has 1 unspecified atom stereocenters. The van der Waals surface area contributed by atoms with Crippen molar-refractivity contribution in [3.05, 3.63) is 56.7 Å². The average molecular weight is 430 g/mol. The molecule has 1 atom stereocenters. The Bertz CT molecular complexity index is 996. The van der Waals surface area contributed by atoms with Crippen LogP contribution >= 0.6 is 11.3 Å². The van der Waals surface area contributed by atoms with Crippen molar-refractivity contribution in [1.29, 1.82) is 0 Å². The van der Waals surface area contributed by atoms with Crippen LogP contribution in [0.5, 0.6) is 5.75 Å². The summed E-state index contributed by atoms with van der Waals surface area (Å²) < 4.78 is 5.51. The van der Waals surface area contributed by atoms with E-state index in [2.05, 4.69) is 4.98 Å². The zero-order valence-corrected chi connectivity index (χ0v) is 18.7. The molecule has 0 radical (unpaired) electrons. The molecule has 0 aliphatic carbocycles. The van der Waals surface area contributed by atoms with Gasteiger partial charge in [0.05, 0.1) is 34.3 Å². The van der Waals surface area contributed by atoms with Crippen LogP contribution in [-0.2, 0) is 4.79 Å². The highest BCUT2D eigenvalue weighted by Gasteiger charge is 2.45.